The van der Waals surface area contributed by atoms with E-state index in [0.29, 0.717) is 23.5 Å². The van der Waals surface area contributed by atoms with Crippen molar-refractivity contribution in [1.82, 2.24) is 9.78 Å². The largest absolute Gasteiger partial charge is 0.305 e. The van der Waals surface area contributed by atoms with Crippen molar-refractivity contribution in [2.24, 2.45) is 0 Å². The minimum atomic E-state index is -0.281. The number of nitriles is 1. The van der Waals surface area contributed by atoms with Crippen LogP contribution in [0.4, 0.5) is 5.82 Å². The predicted octanol–water partition coefficient (Wildman–Crippen LogP) is 3.36. The Kier molecular flexibility index (Phi) is 4.39. The average Bonchev–Trinajstić information content (AvgIpc) is 2.95. The molecule has 118 valence electrons. The van der Waals surface area contributed by atoms with Gasteiger partial charge in [0.2, 0.25) is 0 Å². The number of rotatable bonds is 4. The van der Waals surface area contributed by atoms with Gasteiger partial charge in [-0.15, -0.1) is 0 Å². The van der Waals surface area contributed by atoms with Crippen LogP contribution in [-0.2, 0) is 6.54 Å². The average molecular weight is 316 g/mol. The van der Waals surface area contributed by atoms with Crippen molar-refractivity contribution in [1.29, 1.82) is 5.26 Å². The molecule has 0 aliphatic rings. The van der Waals surface area contributed by atoms with Gasteiger partial charge in [0.25, 0.3) is 5.91 Å². The predicted molar refractivity (Wildman–Crippen MR) is 91.6 cm³/mol. The lowest BCUT2D eigenvalue weighted by molar-refractivity contribution is 0.102. The second-order valence-electron chi connectivity index (χ2n) is 5.46. The van der Waals surface area contributed by atoms with Crippen LogP contribution < -0.4 is 5.32 Å². The number of hydrogen-bond donors (Lipinski definition) is 1. The Bertz CT molecular complexity index is 907. The van der Waals surface area contributed by atoms with Crippen LogP contribution in [0.1, 0.15) is 27.2 Å². The molecule has 24 heavy (non-hydrogen) atoms. The number of carbonyl (C=O) groups is 1. The topological polar surface area (TPSA) is 70.7 Å². The van der Waals surface area contributed by atoms with Crippen molar-refractivity contribution >= 4 is 11.7 Å². The smallest absolute Gasteiger partial charge is 0.256 e. The van der Waals surface area contributed by atoms with E-state index in [1.165, 1.54) is 0 Å². The molecular weight excluding hydrogens is 300 g/mol. The maximum Gasteiger partial charge on any atom is 0.256 e. The van der Waals surface area contributed by atoms with Crippen molar-refractivity contribution in [2.75, 3.05) is 5.32 Å². The van der Waals surface area contributed by atoms with Crippen LogP contribution in [0.25, 0.3) is 0 Å². The lowest BCUT2D eigenvalue weighted by Crippen LogP contribution is -2.13. The zero-order chi connectivity index (χ0) is 16.9. The van der Waals surface area contributed by atoms with Crippen LogP contribution >= 0.6 is 0 Å². The molecule has 0 unspecified atom stereocenters. The first kappa shape index (κ1) is 15.5. The Morgan fingerprint density at radius 2 is 1.96 bits per heavy atom. The number of aryl methyl sites for hydroxylation is 1. The number of nitrogens with one attached hydrogen (secondary N) is 1. The summed E-state index contributed by atoms with van der Waals surface area (Å²) in [4.78, 5) is 12.3. The van der Waals surface area contributed by atoms with Gasteiger partial charge in [0.15, 0.2) is 5.82 Å². The molecule has 1 heterocycles. The normalized spacial score (nSPS) is 10.2. The summed E-state index contributed by atoms with van der Waals surface area (Å²) < 4.78 is 1.84. The number of amides is 1. The second-order valence-corrected chi connectivity index (χ2v) is 5.46. The van der Waals surface area contributed by atoms with Gasteiger partial charge in [-0.05, 0) is 30.7 Å². The molecule has 0 saturated carbocycles. The van der Waals surface area contributed by atoms with Gasteiger partial charge in [0, 0.05) is 17.3 Å². The van der Waals surface area contributed by atoms with Gasteiger partial charge in [-0.25, -0.2) is 0 Å². The summed E-state index contributed by atoms with van der Waals surface area (Å²) in [6.07, 6.45) is 0. The van der Waals surface area contributed by atoms with Gasteiger partial charge in [-0.1, -0.05) is 36.4 Å². The first-order chi connectivity index (χ1) is 11.7. The second kappa shape index (κ2) is 6.80. The molecule has 0 atom stereocenters. The monoisotopic (exact) mass is 316 g/mol. The number of hydrogen-bond acceptors (Lipinski definition) is 3. The minimum Gasteiger partial charge on any atom is -0.305 e. The Balaban J connectivity index is 1.75. The minimum absolute atomic E-state index is 0.281. The highest BCUT2D eigenvalue weighted by Crippen LogP contribution is 2.13. The molecule has 1 amide bonds. The zero-order valence-corrected chi connectivity index (χ0v) is 13.2. The SMILES string of the molecule is Cc1cc(NC(=O)c2cccc(C#N)c2)nn1Cc1ccccc1. The highest BCUT2D eigenvalue weighted by Gasteiger charge is 2.10. The van der Waals surface area contributed by atoms with E-state index in [1.54, 1.807) is 24.3 Å². The van der Waals surface area contributed by atoms with E-state index in [2.05, 4.69) is 10.4 Å². The summed E-state index contributed by atoms with van der Waals surface area (Å²) in [6, 6.07) is 20.4. The van der Waals surface area contributed by atoms with E-state index in [-0.39, 0.29) is 5.91 Å². The molecule has 0 saturated heterocycles. The summed E-state index contributed by atoms with van der Waals surface area (Å²) in [5, 5.41) is 16.1. The van der Waals surface area contributed by atoms with Crippen molar-refractivity contribution in [3.8, 4) is 6.07 Å². The van der Waals surface area contributed by atoms with Crippen LogP contribution in [0.3, 0.4) is 0 Å². The Morgan fingerprint density at radius 1 is 1.17 bits per heavy atom. The van der Waals surface area contributed by atoms with Crippen LogP contribution in [0, 0.1) is 18.3 Å². The van der Waals surface area contributed by atoms with Gasteiger partial charge in [-0.3, -0.25) is 9.48 Å². The molecule has 3 rings (SSSR count). The van der Waals surface area contributed by atoms with Gasteiger partial charge >= 0.3 is 0 Å². The van der Waals surface area contributed by atoms with Gasteiger partial charge in [0.1, 0.15) is 0 Å². The molecule has 0 fully saturated rings. The Labute approximate surface area is 140 Å². The molecule has 0 spiro atoms. The third kappa shape index (κ3) is 3.50. The Hall–Kier alpha value is -3.39. The van der Waals surface area contributed by atoms with Crippen molar-refractivity contribution in [3.63, 3.8) is 0 Å². The number of benzene rings is 2. The van der Waals surface area contributed by atoms with Crippen LogP contribution in [0.5, 0.6) is 0 Å². The quantitative estimate of drug-likeness (QED) is 0.802. The van der Waals surface area contributed by atoms with E-state index in [0.717, 1.165) is 11.3 Å². The number of carbonyl (C=O) groups excluding carboxylic acids is 1. The summed E-state index contributed by atoms with van der Waals surface area (Å²) >= 11 is 0. The molecule has 0 aliphatic heterocycles. The maximum absolute atomic E-state index is 12.3. The highest BCUT2D eigenvalue weighted by molar-refractivity contribution is 6.03. The maximum atomic E-state index is 12.3. The van der Waals surface area contributed by atoms with Crippen LogP contribution in [0.15, 0.2) is 60.7 Å². The summed E-state index contributed by atoms with van der Waals surface area (Å²) in [6.45, 7) is 2.59. The molecule has 0 aliphatic carbocycles. The lowest BCUT2D eigenvalue weighted by atomic mass is 10.1. The summed E-state index contributed by atoms with van der Waals surface area (Å²) in [7, 11) is 0. The van der Waals surface area contributed by atoms with E-state index in [4.69, 9.17) is 5.26 Å². The molecule has 1 aromatic heterocycles. The highest BCUT2D eigenvalue weighted by atomic mass is 16.1. The number of aromatic nitrogens is 2. The van der Waals surface area contributed by atoms with E-state index < -0.39 is 0 Å². The fraction of sp³-hybridized carbons (Fsp3) is 0.105. The summed E-state index contributed by atoms with van der Waals surface area (Å²) in [5.41, 5.74) is 2.99. The molecule has 5 heteroatoms. The number of anilines is 1. The Morgan fingerprint density at radius 3 is 2.71 bits per heavy atom. The molecule has 0 bridgehead atoms. The lowest BCUT2D eigenvalue weighted by Gasteiger charge is -2.04. The zero-order valence-electron chi connectivity index (χ0n) is 13.2. The third-order valence-corrected chi connectivity index (χ3v) is 3.65. The molecule has 0 radical (unpaired) electrons. The standard InChI is InChI=1S/C19H16N4O/c1-14-10-18(22-23(14)13-15-6-3-2-4-7-15)21-19(24)17-9-5-8-16(11-17)12-20/h2-11H,13H2,1H3,(H,21,22,24). The fourth-order valence-electron chi connectivity index (χ4n) is 2.41. The van der Waals surface area contributed by atoms with E-state index >= 15 is 0 Å². The van der Waals surface area contributed by atoms with Crippen molar-refractivity contribution in [2.45, 2.75) is 13.5 Å². The van der Waals surface area contributed by atoms with E-state index in [9.17, 15) is 4.79 Å². The molecule has 2 aromatic carbocycles. The van der Waals surface area contributed by atoms with Gasteiger partial charge in [-0.2, -0.15) is 10.4 Å². The number of nitrogens with zero attached hydrogens (tertiary/aromatic N) is 3. The molecule has 1 N–H and O–H groups in total. The molecule has 3 aromatic rings. The fourth-order valence-corrected chi connectivity index (χ4v) is 2.41. The van der Waals surface area contributed by atoms with Gasteiger partial charge < -0.3 is 5.32 Å². The first-order valence-electron chi connectivity index (χ1n) is 7.55. The summed E-state index contributed by atoms with van der Waals surface area (Å²) in [5.74, 6) is 0.215. The third-order valence-electron chi connectivity index (χ3n) is 3.65. The first-order valence-corrected chi connectivity index (χ1v) is 7.55. The van der Waals surface area contributed by atoms with Crippen LogP contribution in [0.2, 0.25) is 0 Å². The van der Waals surface area contributed by atoms with Crippen molar-refractivity contribution < 1.29 is 4.79 Å². The molecular formula is C19H16N4O. The van der Waals surface area contributed by atoms with Crippen LogP contribution in [-0.4, -0.2) is 15.7 Å². The van der Waals surface area contributed by atoms with Gasteiger partial charge in [0.05, 0.1) is 18.2 Å². The molecule has 5 nitrogen and oxygen atoms in total. The van der Waals surface area contributed by atoms with E-state index in [1.807, 2.05) is 54.1 Å². The van der Waals surface area contributed by atoms with Crippen molar-refractivity contribution in [3.05, 3.63) is 83.0 Å².